The molecule has 0 amide bonds. The smallest absolute Gasteiger partial charge is 0.262 e. The Balaban J connectivity index is 1.89. The number of hydrogen-bond acceptors (Lipinski definition) is 4. The van der Waals surface area contributed by atoms with Gasteiger partial charge in [-0.15, -0.1) is 0 Å². The lowest BCUT2D eigenvalue weighted by atomic mass is 9.96. The van der Waals surface area contributed by atoms with Crippen LogP contribution in [0.15, 0.2) is 58.6 Å². The molecule has 0 aromatic heterocycles. The Kier molecular flexibility index (Phi) is 5.58. The van der Waals surface area contributed by atoms with Crippen LogP contribution in [-0.2, 0) is 14.8 Å². The van der Waals surface area contributed by atoms with Gasteiger partial charge in [0.05, 0.1) is 21.3 Å². The molecule has 0 atom stereocenters. The van der Waals surface area contributed by atoms with E-state index in [1.807, 2.05) is 0 Å². The van der Waals surface area contributed by atoms with Crippen molar-refractivity contribution in [3.05, 3.63) is 64.3 Å². The van der Waals surface area contributed by atoms with E-state index >= 15 is 0 Å². The van der Waals surface area contributed by atoms with Gasteiger partial charge < -0.3 is 5.32 Å². The molecule has 0 spiro atoms. The third-order valence-corrected chi connectivity index (χ3v) is 6.46. The van der Waals surface area contributed by atoms with E-state index in [0.717, 1.165) is 18.5 Å². The summed E-state index contributed by atoms with van der Waals surface area (Å²) in [5.74, 6) is 0.122. The number of Topliss-reactive ketones (excluding diaryl/α,β-unsaturated/α-hetero) is 1. The standard InChI is InChI=1S/C20H21ClN2O3S/c1-13-6-3-4-9-20(13)27(25,26)23-15-10-11-16(21)18(12-15)22-17-7-5-8-19(24)14(17)2/h3-4,6,9-12,22-23H,5,7-8H2,1-2H3. The maximum Gasteiger partial charge on any atom is 0.262 e. The van der Waals surface area contributed by atoms with Crippen molar-refractivity contribution in [3.63, 3.8) is 0 Å². The summed E-state index contributed by atoms with van der Waals surface area (Å²) in [5, 5.41) is 3.65. The van der Waals surface area contributed by atoms with Crippen molar-refractivity contribution in [2.45, 2.75) is 38.0 Å². The number of benzene rings is 2. The molecule has 0 heterocycles. The van der Waals surface area contributed by atoms with E-state index < -0.39 is 10.0 Å². The van der Waals surface area contributed by atoms with Gasteiger partial charge in [0.15, 0.2) is 5.78 Å². The highest BCUT2D eigenvalue weighted by Gasteiger charge is 2.19. The molecule has 3 rings (SSSR count). The first-order valence-electron chi connectivity index (χ1n) is 8.66. The fourth-order valence-corrected chi connectivity index (χ4v) is 4.50. The number of sulfonamides is 1. The molecule has 0 saturated carbocycles. The summed E-state index contributed by atoms with van der Waals surface area (Å²) in [6.45, 7) is 3.54. The van der Waals surface area contributed by atoms with Crippen molar-refractivity contribution in [2.75, 3.05) is 10.0 Å². The van der Waals surface area contributed by atoms with E-state index in [1.54, 1.807) is 56.3 Å². The summed E-state index contributed by atoms with van der Waals surface area (Å²) >= 11 is 6.27. The quantitative estimate of drug-likeness (QED) is 0.744. The van der Waals surface area contributed by atoms with Crippen LogP contribution in [0, 0.1) is 6.92 Å². The topological polar surface area (TPSA) is 75.3 Å². The predicted octanol–water partition coefficient (Wildman–Crippen LogP) is 4.89. The lowest BCUT2D eigenvalue weighted by Gasteiger charge is -2.20. The third-order valence-electron chi connectivity index (χ3n) is 4.59. The molecular weight excluding hydrogens is 384 g/mol. The number of anilines is 2. The average molecular weight is 405 g/mol. The Bertz CT molecular complexity index is 1030. The number of halogens is 1. The van der Waals surface area contributed by atoms with Crippen LogP contribution < -0.4 is 10.0 Å². The molecule has 27 heavy (non-hydrogen) atoms. The second-order valence-electron chi connectivity index (χ2n) is 6.57. The largest absolute Gasteiger partial charge is 0.357 e. The van der Waals surface area contributed by atoms with Crippen LogP contribution in [0.25, 0.3) is 0 Å². The van der Waals surface area contributed by atoms with Gasteiger partial charge in [-0.3, -0.25) is 9.52 Å². The number of nitrogens with one attached hydrogen (secondary N) is 2. The minimum absolute atomic E-state index is 0.122. The fourth-order valence-electron chi connectivity index (χ4n) is 3.04. The second-order valence-corrected chi connectivity index (χ2v) is 8.63. The molecule has 0 radical (unpaired) electrons. The van der Waals surface area contributed by atoms with Crippen molar-refractivity contribution in [1.82, 2.24) is 0 Å². The van der Waals surface area contributed by atoms with E-state index in [2.05, 4.69) is 10.0 Å². The molecule has 2 aromatic carbocycles. The Morgan fingerprint density at radius 3 is 2.52 bits per heavy atom. The zero-order valence-corrected chi connectivity index (χ0v) is 16.7. The highest BCUT2D eigenvalue weighted by atomic mass is 35.5. The summed E-state index contributed by atoms with van der Waals surface area (Å²) in [6.07, 6.45) is 2.10. The summed E-state index contributed by atoms with van der Waals surface area (Å²) in [6, 6.07) is 11.7. The highest BCUT2D eigenvalue weighted by Crippen LogP contribution is 2.31. The number of ketones is 1. The molecule has 1 aliphatic rings. The molecule has 2 N–H and O–H groups in total. The van der Waals surface area contributed by atoms with Crippen molar-refractivity contribution in [1.29, 1.82) is 0 Å². The van der Waals surface area contributed by atoms with Crippen LogP contribution in [0.5, 0.6) is 0 Å². The van der Waals surface area contributed by atoms with Gasteiger partial charge in [0.2, 0.25) is 0 Å². The van der Waals surface area contributed by atoms with Gasteiger partial charge in [-0.1, -0.05) is 29.8 Å². The van der Waals surface area contributed by atoms with Crippen LogP contribution in [0.1, 0.15) is 31.7 Å². The lowest BCUT2D eigenvalue weighted by Crippen LogP contribution is -2.16. The molecule has 1 aliphatic carbocycles. The number of allylic oxidation sites excluding steroid dienone is 2. The normalized spacial score (nSPS) is 15.0. The van der Waals surface area contributed by atoms with Crippen LogP contribution in [0.2, 0.25) is 5.02 Å². The maximum absolute atomic E-state index is 12.7. The molecule has 0 bridgehead atoms. The van der Waals surface area contributed by atoms with Crippen molar-refractivity contribution < 1.29 is 13.2 Å². The average Bonchev–Trinajstić information content (AvgIpc) is 2.61. The van der Waals surface area contributed by atoms with Crippen LogP contribution in [0.3, 0.4) is 0 Å². The highest BCUT2D eigenvalue weighted by molar-refractivity contribution is 7.92. The number of carbonyl (C=O) groups is 1. The molecule has 0 fully saturated rings. The number of hydrogen-bond donors (Lipinski definition) is 2. The minimum Gasteiger partial charge on any atom is -0.357 e. The van der Waals surface area contributed by atoms with E-state index in [-0.39, 0.29) is 10.7 Å². The van der Waals surface area contributed by atoms with Gasteiger partial charge in [0, 0.05) is 17.7 Å². The summed E-state index contributed by atoms with van der Waals surface area (Å²) in [4.78, 5) is 12.1. The van der Waals surface area contributed by atoms with E-state index in [0.29, 0.717) is 34.0 Å². The first-order chi connectivity index (χ1) is 12.8. The molecule has 0 unspecified atom stereocenters. The van der Waals surface area contributed by atoms with Gasteiger partial charge >= 0.3 is 0 Å². The first kappa shape index (κ1) is 19.5. The van der Waals surface area contributed by atoms with Crippen LogP contribution in [-0.4, -0.2) is 14.2 Å². The Labute approximate surface area is 164 Å². The number of aryl methyl sites for hydroxylation is 1. The molecule has 2 aromatic rings. The molecule has 0 aliphatic heterocycles. The maximum atomic E-state index is 12.7. The second kappa shape index (κ2) is 7.74. The van der Waals surface area contributed by atoms with Crippen LogP contribution in [0.4, 0.5) is 11.4 Å². The Morgan fingerprint density at radius 1 is 1.04 bits per heavy atom. The van der Waals surface area contributed by atoms with Gasteiger partial charge in [0.25, 0.3) is 10.0 Å². The SMILES string of the molecule is CC1=C(Nc2cc(NS(=O)(=O)c3ccccc3C)ccc2Cl)CCCC1=O. The predicted molar refractivity (Wildman–Crippen MR) is 109 cm³/mol. The fraction of sp³-hybridized carbons (Fsp3) is 0.250. The lowest BCUT2D eigenvalue weighted by molar-refractivity contribution is -0.116. The van der Waals surface area contributed by atoms with Crippen molar-refractivity contribution in [2.24, 2.45) is 0 Å². The Hall–Kier alpha value is -2.31. The molecule has 0 saturated heterocycles. The molecule has 142 valence electrons. The van der Waals surface area contributed by atoms with E-state index in [9.17, 15) is 13.2 Å². The van der Waals surface area contributed by atoms with E-state index in [1.165, 1.54) is 0 Å². The van der Waals surface area contributed by atoms with Gasteiger partial charge in [0.1, 0.15) is 0 Å². The number of carbonyl (C=O) groups excluding carboxylic acids is 1. The minimum atomic E-state index is -3.71. The molecule has 5 nitrogen and oxygen atoms in total. The third kappa shape index (κ3) is 4.34. The molecular formula is C20H21ClN2O3S. The zero-order chi connectivity index (χ0) is 19.6. The van der Waals surface area contributed by atoms with Gasteiger partial charge in [-0.05, 0) is 56.5 Å². The van der Waals surface area contributed by atoms with Gasteiger partial charge in [-0.2, -0.15) is 0 Å². The van der Waals surface area contributed by atoms with E-state index in [4.69, 9.17) is 11.6 Å². The summed E-state index contributed by atoms with van der Waals surface area (Å²) in [5.41, 5.74) is 3.14. The molecule has 7 heteroatoms. The number of rotatable bonds is 5. The first-order valence-corrected chi connectivity index (χ1v) is 10.5. The Morgan fingerprint density at radius 2 is 1.78 bits per heavy atom. The van der Waals surface area contributed by atoms with Crippen molar-refractivity contribution >= 4 is 38.8 Å². The summed E-state index contributed by atoms with van der Waals surface area (Å²) < 4.78 is 28.0. The monoisotopic (exact) mass is 404 g/mol. The van der Waals surface area contributed by atoms with Crippen molar-refractivity contribution in [3.8, 4) is 0 Å². The summed E-state index contributed by atoms with van der Waals surface area (Å²) in [7, 11) is -3.71. The zero-order valence-electron chi connectivity index (χ0n) is 15.2. The van der Waals surface area contributed by atoms with Gasteiger partial charge in [-0.25, -0.2) is 8.42 Å². The van der Waals surface area contributed by atoms with Crippen LogP contribution >= 0.6 is 11.6 Å².